The number of carboxylic acids is 1. The van der Waals surface area contributed by atoms with Crippen LogP contribution in [0.5, 0.6) is 0 Å². The third kappa shape index (κ3) is 8.44. The van der Waals surface area contributed by atoms with E-state index in [1.54, 1.807) is 6.07 Å². The summed E-state index contributed by atoms with van der Waals surface area (Å²) in [5, 5.41) is 10.2. The van der Waals surface area contributed by atoms with Crippen LogP contribution < -0.4 is 17.2 Å². The molecule has 9 nitrogen and oxygen atoms in total. The fourth-order valence-corrected chi connectivity index (χ4v) is 3.51. The lowest BCUT2D eigenvalue weighted by atomic mass is 10.1. The molecule has 3 aromatic rings. The number of hydrogen-bond acceptors (Lipinski definition) is 6. The minimum Gasteiger partial charge on any atom is -0.480 e. The van der Waals surface area contributed by atoms with E-state index < -0.39 is 24.0 Å². The Morgan fingerprint density at radius 1 is 1.08 bits per heavy atom. The summed E-state index contributed by atoms with van der Waals surface area (Å²) in [5.74, 6) is -1.81. The summed E-state index contributed by atoms with van der Waals surface area (Å²) < 4.78 is 0. The number of nitrogens with two attached hydrogens (primary N) is 3. The molecule has 3 rings (SSSR count). The highest BCUT2D eigenvalue weighted by Gasteiger charge is 2.28. The van der Waals surface area contributed by atoms with Gasteiger partial charge in [-0.25, -0.2) is 4.79 Å². The molecule has 0 saturated carbocycles. The zero-order chi connectivity index (χ0) is 26.7. The Morgan fingerprint density at radius 3 is 2.36 bits per heavy atom. The molecule has 0 fully saturated rings. The molecule has 1 aromatic heterocycles. The number of carbonyl (C=O) groups excluding carboxylic acids is 2. The molecule has 192 valence electrons. The SMILES string of the molecule is Cc1ccc(CCN(C(=O)[C@H](N)CCCN)[C@@H](C)C(=O)O)cc1.NC(=O)c1cnc2ccccc2c1. The third-order valence-electron chi connectivity index (χ3n) is 5.78. The monoisotopic (exact) mass is 493 g/mol. The smallest absolute Gasteiger partial charge is 0.326 e. The molecular weight excluding hydrogens is 458 g/mol. The van der Waals surface area contributed by atoms with Crippen molar-refractivity contribution in [3.05, 3.63) is 77.5 Å². The first-order valence-electron chi connectivity index (χ1n) is 11.8. The summed E-state index contributed by atoms with van der Waals surface area (Å²) in [6.45, 7) is 4.29. The average molecular weight is 494 g/mol. The fourth-order valence-electron chi connectivity index (χ4n) is 3.51. The molecule has 9 heteroatoms. The van der Waals surface area contributed by atoms with Crippen molar-refractivity contribution >= 4 is 28.7 Å². The molecule has 2 aromatic carbocycles. The maximum Gasteiger partial charge on any atom is 0.326 e. The first kappa shape index (κ1) is 28.4. The average Bonchev–Trinajstić information content (AvgIpc) is 2.88. The van der Waals surface area contributed by atoms with E-state index in [1.165, 1.54) is 18.0 Å². The van der Waals surface area contributed by atoms with Gasteiger partial charge in [-0.3, -0.25) is 14.6 Å². The summed E-state index contributed by atoms with van der Waals surface area (Å²) >= 11 is 0. The largest absolute Gasteiger partial charge is 0.480 e. The second-order valence-electron chi connectivity index (χ2n) is 8.60. The van der Waals surface area contributed by atoms with Crippen LogP contribution in [0.3, 0.4) is 0 Å². The first-order valence-corrected chi connectivity index (χ1v) is 11.8. The highest BCUT2D eigenvalue weighted by Crippen LogP contribution is 2.12. The lowest BCUT2D eigenvalue weighted by Gasteiger charge is -2.29. The molecule has 0 aliphatic heterocycles. The van der Waals surface area contributed by atoms with Crippen molar-refractivity contribution in [2.45, 2.75) is 45.2 Å². The lowest BCUT2D eigenvalue weighted by Crippen LogP contribution is -2.51. The van der Waals surface area contributed by atoms with E-state index in [2.05, 4.69) is 4.98 Å². The van der Waals surface area contributed by atoms with E-state index in [0.29, 0.717) is 37.9 Å². The maximum atomic E-state index is 12.5. The molecule has 1 heterocycles. The summed E-state index contributed by atoms with van der Waals surface area (Å²) in [7, 11) is 0. The van der Waals surface area contributed by atoms with E-state index in [0.717, 1.165) is 22.0 Å². The molecule has 0 unspecified atom stereocenters. The minimum absolute atomic E-state index is 0.325. The topological polar surface area (TPSA) is 166 Å². The quantitative estimate of drug-likeness (QED) is 0.336. The molecule has 0 spiro atoms. The van der Waals surface area contributed by atoms with Crippen LogP contribution in [0.4, 0.5) is 0 Å². The van der Waals surface area contributed by atoms with Crippen molar-refractivity contribution in [2.75, 3.05) is 13.1 Å². The number of carbonyl (C=O) groups is 3. The van der Waals surface area contributed by atoms with Gasteiger partial charge in [0.2, 0.25) is 11.8 Å². The van der Waals surface area contributed by atoms with Gasteiger partial charge in [0.15, 0.2) is 0 Å². The molecule has 2 amide bonds. The van der Waals surface area contributed by atoms with Crippen LogP contribution in [-0.2, 0) is 16.0 Å². The number of aryl methyl sites for hydroxylation is 1. The molecular formula is C27H35N5O4. The fraction of sp³-hybridized carbons (Fsp3) is 0.333. The summed E-state index contributed by atoms with van der Waals surface area (Å²) in [6.07, 6.45) is 3.18. The number of rotatable bonds is 10. The first-order chi connectivity index (χ1) is 17.1. The highest BCUT2D eigenvalue weighted by molar-refractivity contribution is 5.96. The Labute approximate surface area is 211 Å². The van der Waals surface area contributed by atoms with E-state index >= 15 is 0 Å². The third-order valence-corrected chi connectivity index (χ3v) is 5.78. The van der Waals surface area contributed by atoms with Gasteiger partial charge in [0.1, 0.15) is 6.04 Å². The van der Waals surface area contributed by atoms with Crippen LogP contribution in [0.2, 0.25) is 0 Å². The number of hydrogen-bond donors (Lipinski definition) is 4. The number of primary amides is 1. The van der Waals surface area contributed by atoms with E-state index in [4.69, 9.17) is 17.2 Å². The van der Waals surface area contributed by atoms with Gasteiger partial charge < -0.3 is 27.2 Å². The Balaban J connectivity index is 0.000000293. The molecule has 7 N–H and O–H groups in total. The Kier molecular flexibility index (Phi) is 11.0. The zero-order valence-electron chi connectivity index (χ0n) is 20.8. The van der Waals surface area contributed by atoms with Gasteiger partial charge in [-0.05, 0) is 57.4 Å². The van der Waals surface area contributed by atoms with Crippen LogP contribution >= 0.6 is 0 Å². The minimum atomic E-state index is -1.03. The predicted octanol–water partition coefficient (Wildman–Crippen LogP) is 2.24. The van der Waals surface area contributed by atoms with Crippen molar-refractivity contribution in [2.24, 2.45) is 17.2 Å². The van der Waals surface area contributed by atoms with Crippen LogP contribution in [0, 0.1) is 6.92 Å². The summed E-state index contributed by atoms with van der Waals surface area (Å²) in [4.78, 5) is 40.0. The van der Waals surface area contributed by atoms with Crippen LogP contribution in [0.15, 0.2) is 60.8 Å². The number of benzene rings is 2. The molecule has 2 atom stereocenters. The predicted molar refractivity (Wildman–Crippen MR) is 140 cm³/mol. The highest BCUT2D eigenvalue weighted by atomic mass is 16.4. The van der Waals surface area contributed by atoms with Gasteiger partial charge in [0.25, 0.3) is 0 Å². The van der Waals surface area contributed by atoms with Crippen molar-refractivity contribution in [3.8, 4) is 0 Å². The zero-order valence-corrected chi connectivity index (χ0v) is 20.8. The normalized spacial score (nSPS) is 12.2. The van der Waals surface area contributed by atoms with Gasteiger partial charge >= 0.3 is 5.97 Å². The van der Waals surface area contributed by atoms with Crippen molar-refractivity contribution < 1.29 is 19.5 Å². The number of fused-ring (bicyclic) bond motifs is 1. The number of amides is 2. The number of carboxylic acid groups (broad SMARTS) is 1. The van der Waals surface area contributed by atoms with E-state index in [1.807, 2.05) is 55.5 Å². The molecule has 36 heavy (non-hydrogen) atoms. The summed E-state index contributed by atoms with van der Waals surface area (Å²) in [5.41, 5.74) is 20.0. The van der Waals surface area contributed by atoms with E-state index in [9.17, 15) is 19.5 Å². The van der Waals surface area contributed by atoms with Gasteiger partial charge in [-0.1, -0.05) is 48.0 Å². The van der Waals surface area contributed by atoms with Gasteiger partial charge in [-0.15, -0.1) is 0 Å². The lowest BCUT2D eigenvalue weighted by molar-refractivity contribution is -0.150. The standard InChI is InChI=1S/C17H27N3O3.C10H8N2O/c1-12-5-7-14(8-6-12)9-11-20(13(2)17(22)23)16(21)15(19)4-3-10-18;11-10(13)8-5-7-3-1-2-4-9(7)12-6-8/h5-8,13,15H,3-4,9-11,18-19H2,1-2H3,(H,22,23);1-6H,(H2,11,13)/t13-,15+;/m0./s1. The molecule has 0 saturated heterocycles. The second kappa shape index (κ2) is 13.9. The number of para-hydroxylation sites is 1. The number of pyridine rings is 1. The van der Waals surface area contributed by atoms with Gasteiger partial charge in [0, 0.05) is 18.1 Å². The van der Waals surface area contributed by atoms with Crippen LogP contribution in [0.25, 0.3) is 10.9 Å². The Hall–Kier alpha value is -3.82. The molecule has 0 aliphatic carbocycles. The van der Waals surface area contributed by atoms with E-state index in [-0.39, 0.29) is 5.91 Å². The van der Waals surface area contributed by atoms with Crippen molar-refractivity contribution in [1.82, 2.24) is 9.88 Å². The second-order valence-corrected chi connectivity index (χ2v) is 8.60. The summed E-state index contributed by atoms with van der Waals surface area (Å²) in [6, 6.07) is 15.7. The van der Waals surface area contributed by atoms with Crippen LogP contribution in [-0.4, -0.2) is 57.9 Å². The van der Waals surface area contributed by atoms with Gasteiger partial charge in [-0.2, -0.15) is 0 Å². The van der Waals surface area contributed by atoms with Gasteiger partial charge in [0.05, 0.1) is 17.1 Å². The Morgan fingerprint density at radius 2 is 1.75 bits per heavy atom. The maximum absolute atomic E-state index is 12.5. The van der Waals surface area contributed by atoms with Crippen molar-refractivity contribution in [1.29, 1.82) is 0 Å². The Bertz CT molecular complexity index is 1170. The molecule has 0 radical (unpaired) electrons. The molecule has 0 bridgehead atoms. The number of aliphatic carboxylic acids is 1. The number of nitrogens with zero attached hydrogens (tertiary/aromatic N) is 2. The van der Waals surface area contributed by atoms with Crippen LogP contribution in [0.1, 0.15) is 41.3 Å². The van der Waals surface area contributed by atoms with Crippen molar-refractivity contribution in [3.63, 3.8) is 0 Å². The molecule has 0 aliphatic rings. The number of aromatic nitrogens is 1.